The Balaban J connectivity index is 2.75. The Bertz CT molecular complexity index is 345. The highest BCUT2D eigenvalue weighted by Crippen LogP contribution is 2.38. The molecule has 1 aliphatic rings. The maximum absolute atomic E-state index is 11.8. The number of hydrogen-bond donors (Lipinski definition) is 2. The Morgan fingerprint density at radius 2 is 1.39 bits per heavy atom. The number of carboxylic acids is 2. The summed E-state index contributed by atoms with van der Waals surface area (Å²) in [6.45, 7) is 5.13. The fourth-order valence-corrected chi connectivity index (χ4v) is 2.16. The van der Waals surface area contributed by atoms with Crippen LogP contribution in [-0.2, 0) is 19.1 Å². The minimum absolute atomic E-state index is 0.0290. The van der Waals surface area contributed by atoms with Gasteiger partial charge in [0.15, 0.2) is 0 Å². The Morgan fingerprint density at radius 3 is 1.67 bits per heavy atom. The summed E-state index contributed by atoms with van der Waals surface area (Å²) < 4.78 is 5.15. The molecule has 0 aliphatic heterocycles. The molecular formula is C12H18O6. The first kappa shape index (κ1) is 14.5. The Hall–Kier alpha value is -1.59. The molecule has 2 atom stereocenters. The van der Waals surface area contributed by atoms with Crippen molar-refractivity contribution in [2.75, 3.05) is 0 Å². The van der Waals surface area contributed by atoms with Gasteiger partial charge in [-0.15, -0.1) is 0 Å². The second kappa shape index (κ2) is 4.96. The molecule has 2 N–H and O–H groups in total. The molecule has 0 bridgehead atoms. The fourth-order valence-electron chi connectivity index (χ4n) is 2.16. The van der Waals surface area contributed by atoms with Crippen LogP contribution >= 0.6 is 0 Å². The lowest BCUT2D eigenvalue weighted by Crippen LogP contribution is -2.28. The molecule has 6 heteroatoms. The van der Waals surface area contributed by atoms with E-state index in [9.17, 15) is 14.4 Å². The van der Waals surface area contributed by atoms with E-state index in [1.165, 1.54) is 0 Å². The van der Waals surface area contributed by atoms with Gasteiger partial charge in [-0.3, -0.25) is 14.4 Å². The lowest BCUT2D eigenvalue weighted by atomic mass is 9.97. The highest BCUT2D eigenvalue weighted by Gasteiger charge is 2.46. The van der Waals surface area contributed by atoms with Crippen LogP contribution < -0.4 is 0 Å². The van der Waals surface area contributed by atoms with Crippen molar-refractivity contribution in [2.45, 2.75) is 39.2 Å². The molecule has 1 fully saturated rings. The number of carboxylic acid groups (broad SMARTS) is 2. The molecule has 0 amide bonds. The third kappa shape index (κ3) is 3.45. The normalized spacial score (nSPS) is 24.8. The van der Waals surface area contributed by atoms with Gasteiger partial charge in [-0.05, 0) is 33.6 Å². The van der Waals surface area contributed by atoms with E-state index in [0.29, 0.717) is 0 Å². The molecule has 0 aromatic rings. The van der Waals surface area contributed by atoms with Gasteiger partial charge in [-0.2, -0.15) is 0 Å². The van der Waals surface area contributed by atoms with Crippen LogP contribution in [-0.4, -0.2) is 33.7 Å². The first-order chi connectivity index (χ1) is 8.11. The minimum atomic E-state index is -1.17. The first-order valence-electron chi connectivity index (χ1n) is 5.80. The molecule has 0 unspecified atom stereocenters. The fraction of sp³-hybridized carbons (Fsp3) is 0.750. The number of aliphatic carboxylic acids is 2. The summed E-state index contributed by atoms with van der Waals surface area (Å²) in [4.78, 5) is 33.7. The molecule has 18 heavy (non-hydrogen) atoms. The molecule has 102 valence electrons. The summed E-state index contributed by atoms with van der Waals surface area (Å²) in [5.41, 5.74) is -0.656. The Labute approximate surface area is 105 Å². The molecule has 0 aromatic carbocycles. The van der Waals surface area contributed by atoms with E-state index >= 15 is 0 Å². The third-order valence-electron chi connectivity index (χ3n) is 2.94. The van der Waals surface area contributed by atoms with Crippen LogP contribution in [0.1, 0.15) is 33.6 Å². The van der Waals surface area contributed by atoms with Crippen LogP contribution in [0.25, 0.3) is 0 Å². The van der Waals surface area contributed by atoms with Crippen molar-refractivity contribution in [1.82, 2.24) is 0 Å². The van der Waals surface area contributed by atoms with Crippen LogP contribution in [0.15, 0.2) is 0 Å². The number of hydrogen-bond acceptors (Lipinski definition) is 4. The number of carbonyl (C=O) groups excluding carboxylic acids is 1. The molecule has 1 saturated carbocycles. The van der Waals surface area contributed by atoms with Crippen molar-refractivity contribution >= 4 is 17.9 Å². The lowest BCUT2D eigenvalue weighted by molar-refractivity contribution is -0.159. The quantitative estimate of drug-likeness (QED) is 0.736. The monoisotopic (exact) mass is 258 g/mol. The highest BCUT2D eigenvalue weighted by molar-refractivity contribution is 5.83. The Morgan fingerprint density at radius 1 is 1.00 bits per heavy atom. The van der Waals surface area contributed by atoms with Crippen LogP contribution in [0, 0.1) is 17.8 Å². The summed E-state index contributed by atoms with van der Waals surface area (Å²) in [6, 6.07) is 0. The van der Waals surface area contributed by atoms with Crippen LogP contribution in [0.4, 0.5) is 0 Å². The molecule has 1 aliphatic carbocycles. The van der Waals surface area contributed by atoms with E-state index in [1.807, 2.05) is 0 Å². The molecule has 0 radical (unpaired) electrons. The summed E-state index contributed by atoms with van der Waals surface area (Å²) in [5.74, 6) is -5.54. The van der Waals surface area contributed by atoms with E-state index in [4.69, 9.17) is 14.9 Å². The summed E-state index contributed by atoms with van der Waals surface area (Å²) >= 11 is 0. The van der Waals surface area contributed by atoms with Crippen LogP contribution in [0.5, 0.6) is 0 Å². The van der Waals surface area contributed by atoms with Gasteiger partial charge in [-0.25, -0.2) is 0 Å². The summed E-state index contributed by atoms with van der Waals surface area (Å²) in [5, 5.41) is 17.9. The predicted octanol–water partition coefficient (Wildman–Crippen LogP) is 1.14. The van der Waals surface area contributed by atoms with E-state index in [0.717, 1.165) is 0 Å². The number of rotatable bonds is 3. The SMILES string of the molecule is CC(C)(C)OC(=O)C1C[C@@H](C(=O)O)[C@H](C(=O)O)C1. The molecule has 0 spiro atoms. The van der Waals surface area contributed by atoms with Gasteiger partial charge in [-0.1, -0.05) is 0 Å². The molecule has 6 nitrogen and oxygen atoms in total. The Kier molecular flexibility index (Phi) is 3.98. The van der Waals surface area contributed by atoms with Gasteiger partial charge in [0, 0.05) is 0 Å². The van der Waals surface area contributed by atoms with Crippen molar-refractivity contribution in [1.29, 1.82) is 0 Å². The maximum Gasteiger partial charge on any atom is 0.309 e. The van der Waals surface area contributed by atoms with E-state index < -0.39 is 41.3 Å². The van der Waals surface area contributed by atoms with Crippen LogP contribution in [0.2, 0.25) is 0 Å². The van der Waals surface area contributed by atoms with E-state index in [2.05, 4.69) is 0 Å². The van der Waals surface area contributed by atoms with Gasteiger partial charge < -0.3 is 14.9 Å². The zero-order valence-corrected chi connectivity index (χ0v) is 10.7. The topological polar surface area (TPSA) is 101 Å². The average molecular weight is 258 g/mol. The molecule has 0 saturated heterocycles. The number of carbonyl (C=O) groups is 3. The van der Waals surface area contributed by atoms with Crippen molar-refractivity contribution < 1.29 is 29.3 Å². The molecule has 0 heterocycles. The number of esters is 1. The van der Waals surface area contributed by atoms with Gasteiger partial charge in [0.25, 0.3) is 0 Å². The summed E-state index contributed by atoms with van der Waals surface area (Å²) in [6.07, 6.45) is 0.0580. The van der Waals surface area contributed by atoms with Crippen molar-refractivity contribution in [3.63, 3.8) is 0 Å². The van der Waals surface area contributed by atoms with Gasteiger partial charge in [0.05, 0.1) is 17.8 Å². The van der Waals surface area contributed by atoms with E-state index in [1.54, 1.807) is 20.8 Å². The predicted molar refractivity (Wildman–Crippen MR) is 60.8 cm³/mol. The minimum Gasteiger partial charge on any atom is -0.481 e. The standard InChI is InChI=1S/C12H18O6/c1-12(2,3)18-11(17)6-4-7(9(13)14)8(5-6)10(15)16/h6-8H,4-5H2,1-3H3,(H,13,14)(H,15,16)/t7-,8-/m1/s1. The zero-order chi connectivity index (χ0) is 14.1. The first-order valence-corrected chi connectivity index (χ1v) is 5.80. The second-order valence-electron chi connectivity index (χ2n) is 5.59. The van der Waals surface area contributed by atoms with Crippen molar-refractivity contribution in [3.05, 3.63) is 0 Å². The average Bonchev–Trinajstić information content (AvgIpc) is 2.58. The zero-order valence-electron chi connectivity index (χ0n) is 10.7. The molecule has 0 aromatic heterocycles. The summed E-state index contributed by atoms with van der Waals surface area (Å²) in [7, 11) is 0. The van der Waals surface area contributed by atoms with Crippen LogP contribution in [0.3, 0.4) is 0 Å². The molecule has 1 rings (SSSR count). The number of ether oxygens (including phenoxy) is 1. The van der Waals surface area contributed by atoms with Gasteiger partial charge in [0.1, 0.15) is 5.60 Å². The van der Waals surface area contributed by atoms with Gasteiger partial charge >= 0.3 is 17.9 Å². The maximum atomic E-state index is 11.8. The highest BCUT2D eigenvalue weighted by atomic mass is 16.6. The van der Waals surface area contributed by atoms with Crippen molar-refractivity contribution in [3.8, 4) is 0 Å². The smallest absolute Gasteiger partial charge is 0.309 e. The van der Waals surface area contributed by atoms with Gasteiger partial charge in [0.2, 0.25) is 0 Å². The van der Waals surface area contributed by atoms with Crippen molar-refractivity contribution in [2.24, 2.45) is 17.8 Å². The van der Waals surface area contributed by atoms with E-state index in [-0.39, 0.29) is 12.8 Å². The molecular weight excluding hydrogens is 240 g/mol. The largest absolute Gasteiger partial charge is 0.481 e. The second-order valence-corrected chi connectivity index (χ2v) is 5.59. The third-order valence-corrected chi connectivity index (χ3v) is 2.94. The lowest BCUT2D eigenvalue weighted by Gasteiger charge is -2.21.